The minimum atomic E-state index is -4.45. The molecule has 0 saturated carbocycles. The SMILES string of the molecule is COc1ccc(NC(C)=S)cc1C(F)(F)F. The van der Waals surface area contributed by atoms with E-state index in [0.29, 0.717) is 10.7 Å². The summed E-state index contributed by atoms with van der Waals surface area (Å²) in [5, 5.41) is 2.64. The Labute approximate surface area is 96.4 Å². The van der Waals surface area contributed by atoms with Crippen molar-refractivity contribution in [1.29, 1.82) is 0 Å². The minimum Gasteiger partial charge on any atom is -0.496 e. The average Bonchev–Trinajstić information content (AvgIpc) is 2.15. The van der Waals surface area contributed by atoms with Crippen LogP contribution < -0.4 is 10.1 Å². The van der Waals surface area contributed by atoms with Crippen molar-refractivity contribution in [3.05, 3.63) is 23.8 Å². The Bertz CT molecular complexity index is 404. The van der Waals surface area contributed by atoms with Crippen molar-refractivity contribution in [3.8, 4) is 5.75 Å². The molecule has 0 fully saturated rings. The first-order chi connectivity index (χ1) is 7.34. The number of thiocarbonyl (C=S) groups is 1. The van der Waals surface area contributed by atoms with E-state index in [9.17, 15) is 13.2 Å². The van der Waals surface area contributed by atoms with Gasteiger partial charge in [-0.05, 0) is 25.1 Å². The number of alkyl halides is 3. The van der Waals surface area contributed by atoms with Gasteiger partial charge in [0, 0.05) is 5.69 Å². The number of anilines is 1. The number of ether oxygens (including phenoxy) is 1. The van der Waals surface area contributed by atoms with Gasteiger partial charge in [-0.15, -0.1) is 0 Å². The normalized spacial score (nSPS) is 11.1. The topological polar surface area (TPSA) is 21.3 Å². The Hall–Kier alpha value is -1.30. The molecule has 0 saturated heterocycles. The van der Waals surface area contributed by atoms with Crippen LogP contribution in [-0.4, -0.2) is 12.1 Å². The van der Waals surface area contributed by atoms with Crippen LogP contribution in [0.15, 0.2) is 18.2 Å². The molecule has 0 aliphatic carbocycles. The second kappa shape index (κ2) is 4.69. The number of benzene rings is 1. The number of hydrogen-bond donors (Lipinski definition) is 1. The van der Waals surface area contributed by atoms with Crippen LogP contribution in [0.5, 0.6) is 5.75 Å². The molecule has 0 aliphatic heterocycles. The molecule has 0 heterocycles. The standard InChI is InChI=1S/C10H10F3NOS/c1-6(16)14-7-3-4-9(15-2)8(5-7)10(11,12)13/h3-5H,1-2H3,(H,14,16). The molecule has 0 aliphatic rings. The van der Waals surface area contributed by atoms with Crippen LogP contribution in [0, 0.1) is 0 Å². The quantitative estimate of drug-likeness (QED) is 0.811. The molecule has 1 rings (SSSR count). The molecule has 0 bridgehead atoms. The van der Waals surface area contributed by atoms with Crippen molar-refractivity contribution in [2.45, 2.75) is 13.1 Å². The molecule has 1 aromatic carbocycles. The fourth-order valence-electron chi connectivity index (χ4n) is 1.21. The summed E-state index contributed by atoms with van der Waals surface area (Å²) >= 11 is 4.75. The van der Waals surface area contributed by atoms with Crippen LogP contribution in [0.1, 0.15) is 12.5 Å². The summed E-state index contributed by atoms with van der Waals surface area (Å²) in [5.74, 6) is -0.208. The Balaban J connectivity index is 3.16. The fraction of sp³-hybridized carbons (Fsp3) is 0.300. The molecular formula is C10H10F3NOS. The predicted octanol–water partition coefficient (Wildman–Crippen LogP) is 3.47. The lowest BCUT2D eigenvalue weighted by atomic mass is 10.1. The maximum atomic E-state index is 12.6. The number of nitrogens with one attached hydrogen (secondary N) is 1. The molecule has 0 unspecified atom stereocenters. The second-order valence-electron chi connectivity index (χ2n) is 3.09. The third-order valence-corrected chi connectivity index (χ3v) is 1.93. The lowest BCUT2D eigenvalue weighted by Crippen LogP contribution is -2.10. The molecule has 6 heteroatoms. The molecule has 1 aromatic rings. The first kappa shape index (κ1) is 12.8. The summed E-state index contributed by atoms with van der Waals surface area (Å²) in [4.78, 5) is 0.401. The third kappa shape index (κ3) is 3.10. The Kier molecular flexibility index (Phi) is 3.74. The van der Waals surface area contributed by atoms with E-state index in [2.05, 4.69) is 10.1 Å². The Morgan fingerprint density at radius 1 is 1.38 bits per heavy atom. The van der Waals surface area contributed by atoms with Crippen LogP contribution in [0.4, 0.5) is 18.9 Å². The summed E-state index contributed by atoms with van der Waals surface area (Å²) in [6.45, 7) is 1.59. The van der Waals surface area contributed by atoms with Crippen LogP contribution in [-0.2, 0) is 6.18 Å². The highest BCUT2D eigenvalue weighted by molar-refractivity contribution is 7.80. The van der Waals surface area contributed by atoms with Crippen LogP contribution in [0.2, 0.25) is 0 Å². The average molecular weight is 249 g/mol. The summed E-state index contributed by atoms with van der Waals surface area (Å²) in [7, 11) is 1.20. The zero-order valence-electron chi connectivity index (χ0n) is 8.68. The smallest absolute Gasteiger partial charge is 0.420 e. The largest absolute Gasteiger partial charge is 0.496 e. The molecule has 0 spiro atoms. The second-order valence-corrected chi connectivity index (χ2v) is 3.71. The van der Waals surface area contributed by atoms with E-state index in [0.717, 1.165) is 6.07 Å². The van der Waals surface area contributed by atoms with Gasteiger partial charge in [0.2, 0.25) is 0 Å². The van der Waals surface area contributed by atoms with E-state index in [1.54, 1.807) is 6.92 Å². The number of halogens is 3. The molecule has 16 heavy (non-hydrogen) atoms. The molecule has 2 nitrogen and oxygen atoms in total. The summed E-state index contributed by atoms with van der Waals surface area (Å²) < 4.78 is 42.5. The number of methoxy groups -OCH3 is 1. The van der Waals surface area contributed by atoms with Crippen molar-refractivity contribution in [1.82, 2.24) is 0 Å². The van der Waals surface area contributed by atoms with E-state index in [4.69, 9.17) is 12.2 Å². The monoisotopic (exact) mass is 249 g/mol. The van der Waals surface area contributed by atoms with Crippen LogP contribution in [0.25, 0.3) is 0 Å². The lowest BCUT2D eigenvalue weighted by molar-refractivity contribution is -0.138. The first-order valence-corrected chi connectivity index (χ1v) is 4.78. The summed E-state index contributed by atoms with van der Waals surface area (Å²) in [6, 6.07) is 3.70. The van der Waals surface area contributed by atoms with Crippen molar-refractivity contribution in [2.75, 3.05) is 12.4 Å². The minimum absolute atomic E-state index is 0.208. The van der Waals surface area contributed by atoms with Gasteiger partial charge in [0.05, 0.1) is 17.7 Å². The van der Waals surface area contributed by atoms with E-state index < -0.39 is 11.7 Å². The van der Waals surface area contributed by atoms with Crippen molar-refractivity contribution < 1.29 is 17.9 Å². The number of rotatable bonds is 2. The third-order valence-electron chi connectivity index (χ3n) is 1.83. The summed E-state index contributed by atoms with van der Waals surface area (Å²) in [5.41, 5.74) is -0.531. The fourth-order valence-corrected chi connectivity index (χ4v) is 1.33. The van der Waals surface area contributed by atoms with Gasteiger partial charge in [0.1, 0.15) is 5.75 Å². The zero-order chi connectivity index (χ0) is 12.3. The van der Waals surface area contributed by atoms with Crippen molar-refractivity contribution in [3.63, 3.8) is 0 Å². The summed E-state index contributed by atoms with van der Waals surface area (Å²) in [6.07, 6.45) is -4.45. The van der Waals surface area contributed by atoms with Gasteiger partial charge in [-0.25, -0.2) is 0 Å². The molecular weight excluding hydrogens is 239 g/mol. The molecule has 0 aromatic heterocycles. The van der Waals surface area contributed by atoms with Crippen LogP contribution in [0.3, 0.4) is 0 Å². The zero-order valence-corrected chi connectivity index (χ0v) is 9.50. The van der Waals surface area contributed by atoms with Crippen LogP contribution >= 0.6 is 12.2 Å². The van der Waals surface area contributed by atoms with Crippen molar-refractivity contribution in [2.24, 2.45) is 0 Å². The van der Waals surface area contributed by atoms with Gasteiger partial charge in [-0.2, -0.15) is 13.2 Å². The van der Waals surface area contributed by atoms with Gasteiger partial charge in [-0.1, -0.05) is 12.2 Å². The van der Waals surface area contributed by atoms with E-state index in [1.807, 2.05) is 0 Å². The highest BCUT2D eigenvalue weighted by Gasteiger charge is 2.34. The van der Waals surface area contributed by atoms with E-state index in [-0.39, 0.29) is 5.75 Å². The van der Waals surface area contributed by atoms with Gasteiger partial charge in [0.15, 0.2) is 0 Å². The molecule has 0 amide bonds. The maximum Gasteiger partial charge on any atom is 0.420 e. The highest BCUT2D eigenvalue weighted by Crippen LogP contribution is 2.37. The predicted molar refractivity (Wildman–Crippen MR) is 59.9 cm³/mol. The Morgan fingerprint density at radius 2 is 2.00 bits per heavy atom. The molecule has 88 valence electrons. The highest BCUT2D eigenvalue weighted by atomic mass is 32.1. The van der Waals surface area contributed by atoms with E-state index in [1.165, 1.54) is 19.2 Å². The van der Waals surface area contributed by atoms with Gasteiger partial charge in [-0.3, -0.25) is 0 Å². The number of hydrogen-bond acceptors (Lipinski definition) is 2. The Morgan fingerprint density at radius 3 is 2.44 bits per heavy atom. The molecule has 1 N–H and O–H groups in total. The lowest BCUT2D eigenvalue weighted by Gasteiger charge is -2.13. The van der Waals surface area contributed by atoms with E-state index >= 15 is 0 Å². The van der Waals surface area contributed by atoms with Gasteiger partial charge in [0.25, 0.3) is 0 Å². The van der Waals surface area contributed by atoms with Crippen molar-refractivity contribution >= 4 is 22.9 Å². The molecule has 0 atom stereocenters. The maximum absolute atomic E-state index is 12.6. The van der Waals surface area contributed by atoms with Gasteiger partial charge < -0.3 is 10.1 Å². The first-order valence-electron chi connectivity index (χ1n) is 4.37. The van der Waals surface area contributed by atoms with Gasteiger partial charge >= 0.3 is 6.18 Å². The molecule has 0 radical (unpaired) electrons.